The minimum atomic E-state index is 0.556. The molecule has 6 heteroatoms. The highest BCUT2D eigenvalue weighted by Crippen LogP contribution is 2.24. The van der Waals surface area contributed by atoms with Crippen molar-refractivity contribution < 1.29 is 4.52 Å². The van der Waals surface area contributed by atoms with Gasteiger partial charge >= 0.3 is 0 Å². The Balaban J connectivity index is 1.68. The van der Waals surface area contributed by atoms with Gasteiger partial charge in [0.15, 0.2) is 5.82 Å². The Morgan fingerprint density at radius 1 is 1.50 bits per heavy atom. The van der Waals surface area contributed by atoms with Crippen molar-refractivity contribution in [2.75, 3.05) is 13.1 Å². The molecule has 3 rings (SSSR count). The number of likely N-dealkylation sites (tertiary alicyclic amines) is 1. The van der Waals surface area contributed by atoms with Crippen molar-refractivity contribution in [3.05, 3.63) is 22.7 Å². The van der Waals surface area contributed by atoms with Gasteiger partial charge in [0.25, 0.3) is 5.89 Å². The van der Waals surface area contributed by atoms with E-state index < -0.39 is 0 Å². The molecule has 0 spiro atoms. The van der Waals surface area contributed by atoms with Crippen molar-refractivity contribution in [1.82, 2.24) is 15.0 Å². The molecule has 2 unspecified atom stereocenters. The molecule has 1 aliphatic rings. The van der Waals surface area contributed by atoms with Crippen LogP contribution in [0.15, 0.2) is 21.3 Å². The first-order chi connectivity index (χ1) is 9.76. The predicted octanol–water partition coefficient (Wildman–Crippen LogP) is 2.36. The van der Waals surface area contributed by atoms with Gasteiger partial charge in [-0.15, -0.1) is 0 Å². The van der Waals surface area contributed by atoms with Crippen molar-refractivity contribution in [1.29, 1.82) is 0 Å². The van der Waals surface area contributed by atoms with Crippen LogP contribution in [-0.2, 0) is 6.54 Å². The van der Waals surface area contributed by atoms with Gasteiger partial charge in [0.05, 0.1) is 12.1 Å². The summed E-state index contributed by atoms with van der Waals surface area (Å²) in [6, 6.07) is 2.55. The molecular weight excluding hydrogens is 272 g/mol. The Bertz CT molecular complexity index is 539. The molecule has 3 heterocycles. The predicted molar refractivity (Wildman–Crippen MR) is 79.3 cm³/mol. The van der Waals surface area contributed by atoms with E-state index in [0.717, 1.165) is 31.0 Å². The molecule has 0 aliphatic carbocycles. The van der Waals surface area contributed by atoms with Crippen molar-refractivity contribution >= 4 is 11.3 Å². The third-order valence-electron chi connectivity index (χ3n) is 4.02. The van der Waals surface area contributed by atoms with Crippen LogP contribution in [-0.4, -0.2) is 34.2 Å². The molecule has 0 aromatic carbocycles. The fourth-order valence-corrected chi connectivity index (χ4v) is 3.31. The van der Waals surface area contributed by atoms with E-state index in [1.807, 2.05) is 16.8 Å². The van der Waals surface area contributed by atoms with Gasteiger partial charge in [-0.1, -0.05) is 5.16 Å². The molecule has 2 aromatic heterocycles. The maximum absolute atomic E-state index is 5.80. The SMILES string of the molecule is CC1CCC(CN)CN1Cc1noc(-c2ccsc2)n1. The Morgan fingerprint density at radius 2 is 2.40 bits per heavy atom. The lowest BCUT2D eigenvalue weighted by Gasteiger charge is -2.36. The quantitative estimate of drug-likeness (QED) is 0.937. The van der Waals surface area contributed by atoms with Gasteiger partial charge in [-0.25, -0.2) is 0 Å². The summed E-state index contributed by atoms with van der Waals surface area (Å²) in [5.41, 5.74) is 6.80. The topological polar surface area (TPSA) is 68.2 Å². The van der Waals surface area contributed by atoms with E-state index in [1.165, 1.54) is 12.8 Å². The molecule has 1 saturated heterocycles. The second-order valence-electron chi connectivity index (χ2n) is 5.49. The highest BCUT2D eigenvalue weighted by Gasteiger charge is 2.25. The van der Waals surface area contributed by atoms with Crippen molar-refractivity contribution in [3.63, 3.8) is 0 Å². The van der Waals surface area contributed by atoms with Crippen LogP contribution in [0.3, 0.4) is 0 Å². The van der Waals surface area contributed by atoms with Gasteiger partial charge in [0.2, 0.25) is 0 Å². The van der Waals surface area contributed by atoms with Crippen LogP contribution < -0.4 is 5.73 Å². The minimum Gasteiger partial charge on any atom is -0.334 e. The molecule has 20 heavy (non-hydrogen) atoms. The monoisotopic (exact) mass is 292 g/mol. The molecule has 2 atom stereocenters. The highest BCUT2D eigenvalue weighted by molar-refractivity contribution is 7.08. The molecule has 108 valence electrons. The van der Waals surface area contributed by atoms with E-state index in [2.05, 4.69) is 22.0 Å². The van der Waals surface area contributed by atoms with Crippen LogP contribution in [0.5, 0.6) is 0 Å². The lowest BCUT2D eigenvalue weighted by molar-refractivity contribution is 0.109. The minimum absolute atomic E-state index is 0.556. The van der Waals surface area contributed by atoms with Crippen molar-refractivity contribution in [2.45, 2.75) is 32.4 Å². The van der Waals surface area contributed by atoms with Crippen LogP contribution in [0.1, 0.15) is 25.6 Å². The average Bonchev–Trinajstić information content (AvgIpc) is 3.12. The summed E-state index contributed by atoms with van der Waals surface area (Å²) >= 11 is 1.63. The maximum Gasteiger partial charge on any atom is 0.258 e. The number of hydrogen-bond acceptors (Lipinski definition) is 6. The standard InChI is InChI=1S/C14H20N4OS/c1-10-2-3-11(6-15)7-18(10)8-13-16-14(19-17-13)12-4-5-20-9-12/h4-5,9-11H,2-3,6-8,15H2,1H3. The van der Waals surface area contributed by atoms with Crippen LogP contribution in [0, 0.1) is 5.92 Å². The van der Waals surface area contributed by atoms with E-state index in [1.54, 1.807) is 11.3 Å². The first kappa shape index (κ1) is 13.7. The summed E-state index contributed by atoms with van der Waals surface area (Å²) in [6.45, 7) is 4.79. The van der Waals surface area contributed by atoms with E-state index in [0.29, 0.717) is 17.9 Å². The zero-order valence-electron chi connectivity index (χ0n) is 11.7. The van der Waals surface area contributed by atoms with Gasteiger partial charge in [-0.05, 0) is 43.7 Å². The van der Waals surface area contributed by atoms with Crippen molar-refractivity contribution in [3.8, 4) is 11.5 Å². The number of nitrogens with zero attached hydrogens (tertiary/aromatic N) is 3. The van der Waals surface area contributed by atoms with Gasteiger partial charge < -0.3 is 10.3 Å². The third-order valence-corrected chi connectivity index (χ3v) is 4.71. The zero-order valence-corrected chi connectivity index (χ0v) is 12.5. The smallest absolute Gasteiger partial charge is 0.258 e. The molecule has 0 bridgehead atoms. The summed E-state index contributed by atoms with van der Waals surface area (Å²) in [7, 11) is 0. The fourth-order valence-electron chi connectivity index (χ4n) is 2.68. The Morgan fingerprint density at radius 3 is 3.15 bits per heavy atom. The van der Waals surface area contributed by atoms with E-state index >= 15 is 0 Å². The molecule has 5 nitrogen and oxygen atoms in total. The van der Waals surface area contributed by atoms with E-state index in [4.69, 9.17) is 10.3 Å². The van der Waals surface area contributed by atoms with Crippen LogP contribution in [0.2, 0.25) is 0 Å². The normalized spacial score (nSPS) is 24.1. The van der Waals surface area contributed by atoms with Crippen molar-refractivity contribution in [2.24, 2.45) is 11.7 Å². The number of nitrogens with two attached hydrogens (primary N) is 1. The number of aromatic nitrogens is 2. The molecule has 2 N–H and O–H groups in total. The number of thiophene rings is 1. The molecule has 0 saturated carbocycles. The second-order valence-corrected chi connectivity index (χ2v) is 6.27. The number of piperidine rings is 1. The van der Waals surface area contributed by atoms with Gasteiger partial charge in [-0.3, -0.25) is 4.90 Å². The lowest BCUT2D eigenvalue weighted by Crippen LogP contribution is -2.43. The summed E-state index contributed by atoms with van der Waals surface area (Å²) in [5, 5.41) is 8.13. The molecule has 2 aromatic rings. The molecule has 1 fully saturated rings. The molecule has 0 amide bonds. The lowest BCUT2D eigenvalue weighted by atomic mass is 9.93. The first-order valence-electron chi connectivity index (χ1n) is 7.05. The maximum atomic E-state index is 5.80. The summed E-state index contributed by atoms with van der Waals surface area (Å²) in [5.74, 6) is 1.96. The summed E-state index contributed by atoms with van der Waals surface area (Å²) in [4.78, 5) is 6.89. The number of rotatable bonds is 4. The Labute approximate surface area is 122 Å². The van der Waals surface area contributed by atoms with Gasteiger partial charge in [0.1, 0.15) is 0 Å². The van der Waals surface area contributed by atoms with E-state index in [-0.39, 0.29) is 0 Å². The first-order valence-corrected chi connectivity index (χ1v) is 8.00. The third kappa shape index (κ3) is 2.92. The Kier molecular flexibility index (Phi) is 4.14. The van der Waals surface area contributed by atoms with Crippen LogP contribution in [0.4, 0.5) is 0 Å². The molecule has 0 radical (unpaired) electrons. The van der Waals surface area contributed by atoms with Gasteiger partial charge in [0, 0.05) is 18.0 Å². The fraction of sp³-hybridized carbons (Fsp3) is 0.571. The largest absolute Gasteiger partial charge is 0.334 e. The molecular formula is C14H20N4OS. The van der Waals surface area contributed by atoms with Crippen LogP contribution in [0.25, 0.3) is 11.5 Å². The average molecular weight is 292 g/mol. The van der Waals surface area contributed by atoms with Gasteiger partial charge in [-0.2, -0.15) is 16.3 Å². The molecule has 1 aliphatic heterocycles. The van der Waals surface area contributed by atoms with E-state index in [9.17, 15) is 0 Å². The number of hydrogen-bond donors (Lipinski definition) is 1. The summed E-state index contributed by atoms with van der Waals surface area (Å²) in [6.07, 6.45) is 2.41. The second kappa shape index (κ2) is 6.03. The summed E-state index contributed by atoms with van der Waals surface area (Å²) < 4.78 is 5.33. The Hall–Kier alpha value is -1.24. The highest BCUT2D eigenvalue weighted by atomic mass is 32.1. The van der Waals surface area contributed by atoms with Crippen LogP contribution >= 0.6 is 11.3 Å². The zero-order chi connectivity index (χ0) is 13.9.